The van der Waals surface area contributed by atoms with Gasteiger partial charge in [-0.05, 0) is 55.0 Å². The quantitative estimate of drug-likeness (QED) is 0.796. The third-order valence-corrected chi connectivity index (χ3v) is 5.92. The molecule has 0 fully saturated rings. The van der Waals surface area contributed by atoms with E-state index < -0.39 is 10.0 Å². The number of sulfonamides is 1. The zero-order valence-electron chi connectivity index (χ0n) is 15.5. The molecule has 0 heterocycles. The summed E-state index contributed by atoms with van der Waals surface area (Å²) < 4.78 is 34.3. The topological polar surface area (TPSA) is 55.4 Å². The van der Waals surface area contributed by atoms with Crippen molar-refractivity contribution in [2.45, 2.75) is 45.1 Å². The number of nitrogens with one attached hydrogen (secondary N) is 1. The Balaban J connectivity index is 2.41. The Morgan fingerprint density at radius 2 is 1.60 bits per heavy atom. The predicted octanol–water partition coefficient (Wildman–Crippen LogP) is 4.38. The van der Waals surface area contributed by atoms with Gasteiger partial charge in [-0.25, -0.2) is 13.1 Å². The first-order valence-electron chi connectivity index (χ1n) is 8.47. The highest BCUT2D eigenvalue weighted by Crippen LogP contribution is 2.29. The van der Waals surface area contributed by atoms with Gasteiger partial charge in [0.25, 0.3) is 0 Å². The first-order valence-corrected chi connectivity index (χ1v) is 9.95. The van der Waals surface area contributed by atoms with Crippen LogP contribution in [0.5, 0.6) is 5.75 Å². The molecule has 1 N–H and O–H groups in total. The van der Waals surface area contributed by atoms with Crippen molar-refractivity contribution in [3.8, 4) is 5.75 Å². The highest BCUT2D eigenvalue weighted by molar-refractivity contribution is 7.89. The lowest BCUT2D eigenvalue weighted by atomic mass is 9.98. The smallest absolute Gasteiger partial charge is 0.241 e. The summed E-state index contributed by atoms with van der Waals surface area (Å²) in [5, 5.41) is 0. The SMILES string of the molecule is COc1cc(C)c(S(=O)(=O)N[C@H](CC(C)C)c2ccccc2)c(C)c1. The zero-order valence-corrected chi connectivity index (χ0v) is 16.4. The molecule has 0 amide bonds. The Kier molecular flexibility index (Phi) is 6.25. The molecule has 0 aromatic heterocycles. The van der Waals surface area contributed by atoms with E-state index in [0.29, 0.717) is 27.7 Å². The second-order valence-corrected chi connectivity index (χ2v) is 8.46. The number of benzene rings is 2. The average Bonchev–Trinajstić information content (AvgIpc) is 2.53. The zero-order chi connectivity index (χ0) is 18.6. The lowest BCUT2D eigenvalue weighted by molar-refractivity contribution is 0.413. The van der Waals surface area contributed by atoms with Gasteiger partial charge >= 0.3 is 0 Å². The minimum atomic E-state index is -3.65. The van der Waals surface area contributed by atoms with E-state index >= 15 is 0 Å². The van der Waals surface area contributed by atoms with E-state index in [1.54, 1.807) is 33.1 Å². The fourth-order valence-corrected chi connectivity index (χ4v) is 4.80. The van der Waals surface area contributed by atoms with E-state index in [1.807, 2.05) is 30.3 Å². The maximum absolute atomic E-state index is 13.1. The molecule has 1 atom stereocenters. The molecular formula is C20H27NO3S. The molecule has 0 saturated carbocycles. The van der Waals surface area contributed by atoms with Crippen molar-refractivity contribution in [3.63, 3.8) is 0 Å². The average molecular weight is 362 g/mol. The van der Waals surface area contributed by atoms with Gasteiger partial charge in [0.1, 0.15) is 5.75 Å². The van der Waals surface area contributed by atoms with Crippen molar-refractivity contribution in [1.29, 1.82) is 0 Å². The molecule has 4 nitrogen and oxygen atoms in total. The van der Waals surface area contributed by atoms with Crippen molar-refractivity contribution in [2.75, 3.05) is 7.11 Å². The lowest BCUT2D eigenvalue weighted by Crippen LogP contribution is -2.30. The molecule has 0 aliphatic carbocycles. The van der Waals surface area contributed by atoms with Crippen LogP contribution in [0.4, 0.5) is 0 Å². The summed E-state index contributed by atoms with van der Waals surface area (Å²) >= 11 is 0. The number of methoxy groups -OCH3 is 1. The van der Waals surface area contributed by atoms with Crippen LogP contribution < -0.4 is 9.46 Å². The fourth-order valence-electron chi connectivity index (χ4n) is 3.11. The maximum atomic E-state index is 13.1. The van der Waals surface area contributed by atoms with Crippen LogP contribution in [0.25, 0.3) is 0 Å². The Bertz CT molecular complexity index is 791. The van der Waals surface area contributed by atoms with Crippen LogP contribution in [-0.4, -0.2) is 15.5 Å². The van der Waals surface area contributed by atoms with Crippen LogP contribution in [0.15, 0.2) is 47.4 Å². The second kappa shape index (κ2) is 8.02. The second-order valence-electron chi connectivity index (χ2n) is 6.80. The van der Waals surface area contributed by atoms with Crippen LogP contribution in [0, 0.1) is 19.8 Å². The molecule has 25 heavy (non-hydrogen) atoms. The van der Waals surface area contributed by atoms with Crippen molar-refractivity contribution in [2.24, 2.45) is 5.92 Å². The molecule has 2 aromatic carbocycles. The molecule has 0 aliphatic heterocycles. The molecule has 0 aliphatic rings. The molecule has 0 bridgehead atoms. The summed E-state index contributed by atoms with van der Waals surface area (Å²) in [6, 6.07) is 13.0. The third kappa shape index (κ3) is 4.83. The van der Waals surface area contributed by atoms with Gasteiger partial charge in [-0.2, -0.15) is 0 Å². The maximum Gasteiger partial charge on any atom is 0.241 e. The molecule has 0 radical (unpaired) electrons. The van der Waals surface area contributed by atoms with E-state index in [2.05, 4.69) is 18.6 Å². The summed E-state index contributed by atoms with van der Waals surface area (Å²) in [6.07, 6.45) is 0.734. The van der Waals surface area contributed by atoms with Gasteiger partial charge in [0.05, 0.1) is 12.0 Å². The largest absolute Gasteiger partial charge is 0.497 e. The number of rotatable bonds is 7. The molecular weight excluding hydrogens is 334 g/mol. The molecule has 0 spiro atoms. The highest BCUT2D eigenvalue weighted by atomic mass is 32.2. The van der Waals surface area contributed by atoms with Crippen molar-refractivity contribution in [1.82, 2.24) is 4.72 Å². The van der Waals surface area contributed by atoms with E-state index in [4.69, 9.17) is 4.74 Å². The monoisotopic (exact) mass is 361 g/mol. The van der Waals surface area contributed by atoms with Crippen molar-refractivity contribution < 1.29 is 13.2 Å². The number of aryl methyl sites for hydroxylation is 2. The minimum absolute atomic E-state index is 0.257. The lowest BCUT2D eigenvalue weighted by Gasteiger charge is -2.22. The van der Waals surface area contributed by atoms with Crippen LogP contribution in [-0.2, 0) is 10.0 Å². The van der Waals surface area contributed by atoms with Crippen molar-refractivity contribution >= 4 is 10.0 Å². The summed E-state index contributed by atoms with van der Waals surface area (Å²) in [6.45, 7) is 7.77. The minimum Gasteiger partial charge on any atom is -0.497 e. The summed E-state index contributed by atoms with van der Waals surface area (Å²) in [5.41, 5.74) is 2.34. The van der Waals surface area contributed by atoms with E-state index in [9.17, 15) is 8.42 Å². The van der Waals surface area contributed by atoms with Crippen LogP contribution in [0.1, 0.15) is 43.0 Å². The normalized spacial score (nSPS) is 13.0. The van der Waals surface area contributed by atoms with Crippen LogP contribution >= 0.6 is 0 Å². The first kappa shape index (κ1) is 19.5. The van der Waals surface area contributed by atoms with E-state index in [-0.39, 0.29) is 6.04 Å². The van der Waals surface area contributed by atoms with Gasteiger partial charge in [0, 0.05) is 6.04 Å². The van der Waals surface area contributed by atoms with Gasteiger partial charge in [0.15, 0.2) is 0 Å². The number of hydrogen-bond acceptors (Lipinski definition) is 3. The van der Waals surface area contributed by atoms with Crippen LogP contribution in [0.3, 0.4) is 0 Å². The molecule has 0 unspecified atom stereocenters. The van der Waals surface area contributed by atoms with Gasteiger partial charge < -0.3 is 4.74 Å². The highest BCUT2D eigenvalue weighted by Gasteiger charge is 2.25. The Morgan fingerprint density at radius 1 is 1.04 bits per heavy atom. The standard InChI is InChI=1S/C20H27NO3S/c1-14(2)11-19(17-9-7-6-8-10-17)21-25(22,23)20-15(3)12-18(24-5)13-16(20)4/h6-10,12-14,19,21H,11H2,1-5H3/t19-/m1/s1. The van der Waals surface area contributed by atoms with Crippen LogP contribution in [0.2, 0.25) is 0 Å². The third-order valence-electron chi connectivity index (χ3n) is 4.14. The summed E-state index contributed by atoms with van der Waals surface area (Å²) in [5.74, 6) is 1.03. The molecule has 136 valence electrons. The van der Waals surface area contributed by atoms with Gasteiger partial charge in [0.2, 0.25) is 10.0 Å². The molecule has 2 aromatic rings. The van der Waals surface area contributed by atoms with E-state index in [0.717, 1.165) is 12.0 Å². The van der Waals surface area contributed by atoms with Gasteiger partial charge in [-0.3, -0.25) is 0 Å². The summed E-state index contributed by atoms with van der Waals surface area (Å²) in [7, 11) is -2.07. The summed E-state index contributed by atoms with van der Waals surface area (Å²) in [4.78, 5) is 0.331. The molecule has 2 rings (SSSR count). The Hall–Kier alpha value is -1.85. The van der Waals surface area contributed by atoms with E-state index in [1.165, 1.54) is 0 Å². The number of ether oxygens (including phenoxy) is 1. The van der Waals surface area contributed by atoms with Gasteiger partial charge in [-0.1, -0.05) is 44.2 Å². The first-order chi connectivity index (χ1) is 11.7. The number of hydrogen-bond donors (Lipinski definition) is 1. The Labute approximate surface area is 151 Å². The van der Waals surface area contributed by atoms with Crippen molar-refractivity contribution in [3.05, 3.63) is 59.2 Å². The van der Waals surface area contributed by atoms with Gasteiger partial charge in [-0.15, -0.1) is 0 Å². The fraction of sp³-hybridized carbons (Fsp3) is 0.400. The Morgan fingerprint density at radius 3 is 2.08 bits per heavy atom. The molecule has 5 heteroatoms. The predicted molar refractivity (Wildman–Crippen MR) is 101 cm³/mol. The molecule has 0 saturated heterocycles.